The molecule has 7 nitrogen and oxygen atoms in total. The Morgan fingerprint density at radius 1 is 1.23 bits per heavy atom. The molecule has 2 heterocycles. The zero-order chi connectivity index (χ0) is 21.8. The van der Waals surface area contributed by atoms with Crippen LogP contribution in [0.5, 0.6) is 0 Å². The van der Waals surface area contributed by atoms with E-state index in [2.05, 4.69) is 21.1 Å². The van der Waals surface area contributed by atoms with Crippen molar-refractivity contribution in [3.63, 3.8) is 0 Å². The van der Waals surface area contributed by atoms with Crippen molar-refractivity contribution in [2.24, 2.45) is 0 Å². The van der Waals surface area contributed by atoms with E-state index in [0.29, 0.717) is 27.6 Å². The molecule has 31 heavy (non-hydrogen) atoms. The van der Waals surface area contributed by atoms with E-state index in [4.69, 9.17) is 4.74 Å². The standard InChI is InChI=1S/C23H20N4O3S/c1-3-30-22(29)18-19-20(27(26-18)14-16-8-6-4-5-7-9-16)24-23(31-19)25-21(28)17-12-10-15(2)11-13-17/h4,6-13H,3,14H2,1-2H3,(H,24,25,28). The van der Waals surface area contributed by atoms with E-state index < -0.39 is 5.97 Å². The Morgan fingerprint density at radius 3 is 2.81 bits per heavy atom. The highest BCUT2D eigenvalue weighted by atomic mass is 32.1. The largest absolute Gasteiger partial charge is 0.461 e. The van der Waals surface area contributed by atoms with E-state index >= 15 is 0 Å². The maximum atomic E-state index is 12.6. The number of thiazole rings is 1. The smallest absolute Gasteiger partial charge is 0.360 e. The summed E-state index contributed by atoms with van der Waals surface area (Å²) < 4.78 is 7.38. The molecule has 3 aromatic rings. The highest BCUT2D eigenvalue weighted by Crippen LogP contribution is 2.30. The Hall–Kier alpha value is -3.74. The number of esters is 1. The molecular weight excluding hydrogens is 412 g/mol. The number of rotatable bonds is 6. The minimum Gasteiger partial charge on any atom is -0.461 e. The first kappa shape index (κ1) is 20.5. The number of benzene rings is 1. The second kappa shape index (κ2) is 8.95. The topological polar surface area (TPSA) is 86.1 Å². The van der Waals surface area contributed by atoms with Crippen LogP contribution in [0.1, 0.15) is 33.3 Å². The fraction of sp³-hybridized carbons (Fsp3) is 0.174. The molecule has 2 aromatic heterocycles. The number of fused-ring (bicyclic) bond motifs is 1. The fourth-order valence-corrected chi connectivity index (χ4v) is 3.93. The molecule has 0 aliphatic heterocycles. The van der Waals surface area contributed by atoms with Crippen LogP contribution in [0.15, 0.2) is 65.9 Å². The van der Waals surface area contributed by atoms with Gasteiger partial charge in [0.05, 0.1) is 13.2 Å². The van der Waals surface area contributed by atoms with Gasteiger partial charge in [0.15, 0.2) is 16.5 Å². The zero-order valence-corrected chi connectivity index (χ0v) is 17.9. The lowest BCUT2D eigenvalue weighted by Crippen LogP contribution is -2.12. The van der Waals surface area contributed by atoms with Gasteiger partial charge in [-0.05, 0) is 49.8 Å². The lowest BCUT2D eigenvalue weighted by atomic mass is 10.1. The highest BCUT2D eigenvalue weighted by molar-refractivity contribution is 7.22. The molecular formula is C23H20N4O3S. The number of aryl methyl sites for hydroxylation is 1. The van der Waals surface area contributed by atoms with Crippen molar-refractivity contribution in [3.8, 4) is 0 Å². The average molecular weight is 433 g/mol. The van der Waals surface area contributed by atoms with Crippen LogP contribution in [-0.2, 0) is 11.3 Å². The molecule has 0 saturated carbocycles. The van der Waals surface area contributed by atoms with Crippen LogP contribution in [-0.4, -0.2) is 33.2 Å². The van der Waals surface area contributed by atoms with Gasteiger partial charge in [0.2, 0.25) is 0 Å². The van der Waals surface area contributed by atoms with Gasteiger partial charge in [-0.3, -0.25) is 10.1 Å². The number of amides is 1. The number of hydrogen-bond acceptors (Lipinski definition) is 6. The lowest BCUT2D eigenvalue weighted by Gasteiger charge is -2.04. The van der Waals surface area contributed by atoms with Crippen LogP contribution >= 0.6 is 11.3 Å². The normalized spacial score (nSPS) is 12.6. The van der Waals surface area contributed by atoms with E-state index in [9.17, 15) is 9.59 Å². The van der Waals surface area contributed by atoms with Gasteiger partial charge in [-0.15, -0.1) is 5.73 Å². The summed E-state index contributed by atoms with van der Waals surface area (Å²) in [5.41, 5.74) is 6.29. The number of anilines is 1. The van der Waals surface area contributed by atoms with Crippen LogP contribution in [0.25, 0.3) is 10.3 Å². The van der Waals surface area contributed by atoms with Gasteiger partial charge in [-0.25, -0.2) is 9.48 Å². The number of hydrogen-bond donors (Lipinski definition) is 1. The van der Waals surface area contributed by atoms with E-state index in [1.807, 2.05) is 49.4 Å². The molecule has 1 amide bonds. The Bertz CT molecular complexity index is 1270. The van der Waals surface area contributed by atoms with Gasteiger partial charge in [-0.1, -0.05) is 41.2 Å². The lowest BCUT2D eigenvalue weighted by molar-refractivity contribution is 0.0520. The molecule has 0 unspecified atom stereocenters. The Kier molecular flexibility index (Phi) is 5.93. The van der Waals surface area contributed by atoms with Gasteiger partial charge < -0.3 is 4.74 Å². The van der Waals surface area contributed by atoms with Gasteiger partial charge in [0.1, 0.15) is 4.70 Å². The van der Waals surface area contributed by atoms with E-state index in [1.54, 1.807) is 23.7 Å². The SMILES string of the molecule is CCOC(=O)c1nn(CC2=CC=C=CC=C2)c2nc(NC(=O)c3ccc(C)cc3)sc12. The minimum absolute atomic E-state index is 0.192. The fourth-order valence-electron chi connectivity index (χ4n) is 3.00. The Labute approximate surface area is 183 Å². The van der Waals surface area contributed by atoms with Gasteiger partial charge >= 0.3 is 5.97 Å². The zero-order valence-electron chi connectivity index (χ0n) is 17.1. The summed E-state index contributed by atoms with van der Waals surface area (Å²) in [6.07, 6.45) is 9.38. The molecule has 0 radical (unpaired) electrons. The van der Waals surface area contributed by atoms with Gasteiger partial charge in [0.25, 0.3) is 5.91 Å². The summed E-state index contributed by atoms with van der Waals surface area (Å²) >= 11 is 1.20. The summed E-state index contributed by atoms with van der Waals surface area (Å²) in [6.45, 7) is 4.36. The van der Waals surface area contributed by atoms with Crippen molar-refractivity contribution in [1.82, 2.24) is 14.8 Å². The second-order valence-electron chi connectivity index (χ2n) is 6.82. The first-order chi connectivity index (χ1) is 15.0. The molecule has 156 valence electrons. The Morgan fingerprint density at radius 2 is 2.03 bits per heavy atom. The molecule has 0 bridgehead atoms. The summed E-state index contributed by atoms with van der Waals surface area (Å²) in [6, 6.07) is 7.27. The molecule has 1 aromatic carbocycles. The van der Waals surface area contributed by atoms with Crippen molar-refractivity contribution >= 4 is 38.7 Å². The summed E-state index contributed by atoms with van der Waals surface area (Å²) in [5.74, 6) is -0.780. The maximum Gasteiger partial charge on any atom is 0.360 e. The Balaban J connectivity index is 1.67. The quantitative estimate of drug-likeness (QED) is 0.460. The summed E-state index contributed by atoms with van der Waals surface area (Å²) in [7, 11) is 0. The first-order valence-electron chi connectivity index (χ1n) is 9.76. The van der Waals surface area contributed by atoms with Crippen LogP contribution < -0.4 is 5.32 Å². The van der Waals surface area contributed by atoms with E-state index in [-0.39, 0.29) is 18.2 Å². The van der Waals surface area contributed by atoms with Crippen molar-refractivity contribution in [2.45, 2.75) is 20.4 Å². The van der Waals surface area contributed by atoms with Crippen molar-refractivity contribution in [3.05, 3.63) is 82.8 Å². The second-order valence-corrected chi connectivity index (χ2v) is 7.82. The molecule has 8 heteroatoms. The first-order valence-corrected chi connectivity index (χ1v) is 10.6. The number of nitrogens with zero attached hydrogens (tertiary/aromatic N) is 3. The summed E-state index contributed by atoms with van der Waals surface area (Å²) in [4.78, 5) is 29.6. The van der Waals surface area contributed by atoms with E-state index in [1.165, 1.54) is 11.3 Å². The predicted octanol–water partition coefficient (Wildman–Crippen LogP) is 4.44. The van der Waals surface area contributed by atoms with Crippen molar-refractivity contribution in [2.75, 3.05) is 11.9 Å². The van der Waals surface area contributed by atoms with Crippen molar-refractivity contribution in [1.29, 1.82) is 0 Å². The molecule has 1 aliphatic rings. The van der Waals surface area contributed by atoms with Crippen LogP contribution in [0, 0.1) is 6.92 Å². The predicted molar refractivity (Wildman–Crippen MR) is 120 cm³/mol. The highest BCUT2D eigenvalue weighted by Gasteiger charge is 2.23. The monoisotopic (exact) mass is 432 g/mol. The van der Waals surface area contributed by atoms with Crippen LogP contribution in [0.4, 0.5) is 5.13 Å². The molecule has 1 N–H and O–H groups in total. The number of nitrogens with one attached hydrogen (secondary N) is 1. The third-order valence-corrected chi connectivity index (χ3v) is 5.49. The van der Waals surface area contributed by atoms with Crippen molar-refractivity contribution < 1.29 is 14.3 Å². The number of allylic oxidation sites excluding steroid dienone is 5. The molecule has 4 rings (SSSR count). The summed E-state index contributed by atoms with van der Waals surface area (Å²) in [5, 5.41) is 7.65. The maximum absolute atomic E-state index is 12.6. The average Bonchev–Trinajstić information content (AvgIpc) is 3.18. The molecule has 0 atom stereocenters. The number of ether oxygens (including phenoxy) is 1. The molecule has 1 aliphatic carbocycles. The molecule has 0 saturated heterocycles. The van der Waals surface area contributed by atoms with Crippen LogP contribution in [0.3, 0.4) is 0 Å². The number of carbonyl (C=O) groups is 2. The van der Waals surface area contributed by atoms with Crippen LogP contribution in [0.2, 0.25) is 0 Å². The molecule has 0 fully saturated rings. The number of carbonyl (C=O) groups excluding carboxylic acids is 2. The van der Waals surface area contributed by atoms with E-state index in [0.717, 1.165) is 11.1 Å². The molecule has 0 spiro atoms. The van der Waals surface area contributed by atoms with Gasteiger partial charge in [0, 0.05) is 5.56 Å². The van der Waals surface area contributed by atoms with Gasteiger partial charge in [-0.2, -0.15) is 10.1 Å². The number of aromatic nitrogens is 3. The minimum atomic E-state index is -0.515. The third-order valence-electron chi connectivity index (χ3n) is 4.52. The third kappa shape index (κ3) is 4.55.